The third-order valence-corrected chi connectivity index (χ3v) is 32.8. The number of esters is 4. The third kappa shape index (κ3) is 17.5. The quantitative estimate of drug-likeness (QED) is 0.0893. The highest BCUT2D eigenvalue weighted by Gasteiger charge is 2.68. The van der Waals surface area contributed by atoms with E-state index in [4.69, 9.17) is 9.47 Å². The van der Waals surface area contributed by atoms with E-state index < -0.39 is 48.6 Å². The first-order chi connectivity index (χ1) is 47.2. The van der Waals surface area contributed by atoms with Crippen LogP contribution in [-0.4, -0.2) is 210 Å². The van der Waals surface area contributed by atoms with Gasteiger partial charge in [-0.15, -0.1) is 0 Å². The summed E-state index contributed by atoms with van der Waals surface area (Å²) in [6.07, 6.45) is 18.8. The summed E-state index contributed by atoms with van der Waals surface area (Å²) in [5.74, 6) is -1.19. The molecule has 0 radical (unpaired) electrons. The van der Waals surface area contributed by atoms with Gasteiger partial charge >= 0.3 is 23.9 Å². The normalized spacial score (nSPS) is 30.6. The van der Waals surface area contributed by atoms with Crippen LogP contribution in [0.1, 0.15) is 309 Å². The Morgan fingerprint density at radius 2 is 0.505 bits per heavy atom. The van der Waals surface area contributed by atoms with E-state index in [9.17, 15) is 19.2 Å². The summed E-state index contributed by atoms with van der Waals surface area (Å²) < 4.78 is 33.1. The number of carbonyl (C=O) groups excluding carboxylic acids is 4. The topological polar surface area (TPSA) is 143 Å². The zero-order valence-electron chi connectivity index (χ0n) is 75.2. The van der Waals surface area contributed by atoms with Gasteiger partial charge in [0.2, 0.25) is 0 Å². The molecule has 16 nitrogen and oxygen atoms in total. The zero-order valence-corrected chi connectivity index (χ0v) is 75.2. The standard InChI is InChI=1S/C77H146N6O2.C12H18O8/c1-61(2,49-76(54-35-63(5,6)78(29)64(7,8)36-54,55-37-65(9,10)79(30)66(11,12)38-55)56-39-67(13,14)80(31)68(15,16)40-56)53-47-75(48-53)51-84-60(85-52-75)62(3,4)50-77(57-41-69(17,18)81(32)70(19,20)42-57,58-43-71(21,22)82(33)72(23,24)44-58)59-45-73(25,26)83(34)74(27,28)46-59;1-17-9(13)5-7(11(15)19-3)8(12(16)20-4)6-10(14)18-2/h53-60H,35-52H2,1-34H3;7-8H,5-6H2,1-4H3. The number of likely N-dealkylation sites (tertiary alicyclic amines) is 6. The Hall–Kier alpha value is -2.44. The van der Waals surface area contributed by atoms with Crippen molar-refractivity contribution in [3.63, 3.8) is 0 Å². The van der Waals surface area contributed by atoms with Crippen molar-refractivity contribution in [2.45, 2.75) is 382 Å². The average Bonchev–Trinajstić information content (AvgIpc) is 0.703. The summed E-state index contributed by atoms with van der Waals surface area (Å²) in [6, 6.07) is 0. The van der Waals surface area contributed by atoms with Crippen molar-refractivity contribution in [1.82, 2.24) is 29.4 Å². The average molecular weight is 1480 g/mol. The Kier molecular flexibility index (Phi) is 25.5. The number of hydrogen-bond acceptors (Lipinski definition) is 16. The van der Waals surface area contributed by atoms with Crippen molar-refractivity contribution in [1.29, 1.82) is 0 Å². The van der Waals surface area contributed by atoms with E-state index in [-0.39, 0.29) is 99.8 Å². The largest absolute Gasteiger partial charge is 0.469 e. The van der Waals surface area contributed by atoms with Gasteiger partial charge in [-0.1, -0.05) is 27.7 Å². The maximum atomic E-state index is 11.7. The van der Waals surface area contributed by atoms with Crippen LogP contribution in [0.15, 0.2) is 0 Å². The minimum absolute atomic E-state index is 0.0688. The van der Waals surface area contributed by atoms with E-state index in [0.717, 1.165) is 48.1 Å². The second-order valence-electron chi connectivity index (χ2n) is 45.7. The number of piperidine rings is 6. The predicted octanol–water partition coefficient (Wildman–Crippen LogP) is 17.6. The van der Waals surface area contributed by atoms with Gasteiger partial charge in [0.25, 0.3) is 0 Å². The summed E-state index contributed by atoms with van der Waals surface area (Å²) in [7, 11) is 19.1. The molecule has 7 heterocycles. The van der Waals surface area contributed by atoms with E-state index in [1.165, 1.54) is 96.3 Å². The van der Waals surface area contributed by atoms with Crippen LogP contribution in [0.3, 0.4) is 0 Å². The lowest BCUT2D eigenvalue weighted by atomic mass is 9.42. The minimum Gasteiger partial charge on any atom is -0.469 e. The first-order valence-electron chi connectivity index (χ1n) is 41.2. The lowest BCUT2D eigenvalue weighted by molar-refractivity contribution is -0.304. The second-order valence-corrected chi connectivity index (χ2v) is 45.7. The van der Waals surface area contributed by atoms with E-state index in [2.05, 4.69) is 284 Å². The Balaban J connectivity index is 0.000000669. The van der Waals surface area contributed by atoms with Crippen LogP contribution >= 0.6 is 0 Å². The van der Waals surface area contributed by atoms with Crippen LogP contribution in [0.4, 0.5) is 0 Å². The van der Waals surface area contributed by atoms with E-state index in [0.29, 0.717) is 41.4 Å². The number of nitrogens with zero attached hydrogens (tertiary/aromatic N) is 6. The predicted molar refractivity (Wildman–Crippen MR) is 429 cm³/mol. The molecule has 0 bridgehead atoms. The van der Waals surface area contributed by atoms with Crippen molar-refractivity contribution in [3.8, 4) is 0 Å². The van der Waals surface area contributed by atoms with E-state index >= 15 is 0 Å². The fourth-order valence-electron chi connectivity index (χ4n) is 25.6. The van der Waals surface area contributed by atoms with Gasteiger partial charge in [-0.05, 0) is 369 Å². The molecular weight excluding hydrogens is 1310 g/mol. The molecule has 8 aliphatic rings. The number of hydrogen-bond donors (Lipinski definition) is 0. The molecule has 8 fully saturated rings. The number of ether oxygens (including phenoxy) is 6. The summed E-state index contributed by atoms with van der Waals surface area (Å²) >= 11 is 0. The molecule has 8 rings (SSSR count). The van der Waals surface area contributed by atoms with Gasteiger partial charge in [0.05, 0.1) is 66.3 Å². The van der Waals surface area contributed by atoms with Crippen LogP contribution in [-0.2, 0) is 47.6 Å². The molecule has 0 aromatic carbocycles. The van der Waals surface area contributed by atoms with Gasteiger partial charge in [0, 0.05) is 77.3 Å². The van der Waals surface area contributed by atoms with Gasteiger partial charge < -0.3 is 28.4 Å². The zero-order chi connectivity index (χ0) is 80.4. The van der Waals surface area contributed by atoms with Crippen LogP contribution in [0.2, 0.25) is 0 Å². The Morgan fingerprint density at radius 1 is 0.314 bits per heavy atom. The molecular formula is C89H164N6O10. The van der Waals surface area contributed by atoms with Crippen LogP contribution in [0.5, 0.6) is 0 Å². The van der Waals surface area contributed by atoms with Gasteiger partial charge in [-0.3, -0.25) is 48.6 Å². The van der Waals surface area contributed by atoms with Crippen LogP contribution in [0.25, 0.3) is 0 Å². The van der Waals surface area contributed by atoms with E-state index in [1.807, 2.05) is 0 Å². The lowest BCUT2D eigenvalue weighted by Gasteiger charge is -2.69. The molecule has 7 saturated heterocycles. The summed E-state index contributed by atoms with van der Waals surface area (Å²) in [6.45, 7) is 74.4. The Bertz CT molecular complexity index is 2690. The molecule has 16 heteroatoms. The van der Waals surface area contributed by atoms with Crippen LogP contribution in [0, 0.1) is 80.3 Å². The van der Waals surface area contributed by atoms with Gasteiger partial charge in [0.1, 0.15) is 0 Å². The molecule has 610 valence electrons. The Labute approximate surface area is 644 Å². The lowest BCUT2D eigenvalue weighted by Crippen LogP contribution is -2.69. The molecule has 2 unspecified atom stereocenters. The molecule has 1 saturated carbocycles. The molecule has 0 N–H and O–H groups in total. The summed E-state index contributed by atoms with van der Waals surface area (Å²) in [4.78, 5) is 62.6. The first kappa shape index (κ1) is 89.8. The molecule has 1 aliphatic carbocycles. The molecule has 2 atom stereocenters. The molecule has 0 aromatic rings. The fraction of sp³-hybridized carbons (Fsp3) is 0.955. The van der Waals surface area contributed by atoms with Crippen molar-refractivity contribution >= 4 is 23.9 Å². The molecule has 7 aliphatic heterocycles. The highest BCUT2D eigenvalue weighted by molar-refractivity contribution is 5.88. The Morgan fingerprint density at radius 3 is 0.686 bits per heavy atom. The molecule has 0 aromatic heterocycles. The number of rotatable bonds is 19. The third-order valence-electron chi connectivity index (χ3n) is 32.8. The van der Waals surface area contributed by atoms with Crippen molar-refractivity contribution in [3.05, 3.63) is 0 Å². The molecule has 0 amide bonds. The van der Waals surface area contributed by atoms with E-state index in [1.54, 1.807) is 0 Å². The second kappa shape index (κ2) is 29.8. The number of carbonyl (C=O) groups is 4. The molecule has 1 spiro atoms. The SMILES string of the molecule is CN1C(C)(C)CC(C(CC(C)(C)C2CC3(COC(C(C)(C)CC(C4CC(C)(C)N(C)C(C)(C)C4)(C4CC(C)(C)N(C)C(C)(C)C4)C4CC(C)(C)N(C)C(C)(C)C4)OC3)C2)(C2CC(C)(C)N(C)C(C)(C)C2)C2CC(C)(C)N(C)C(C)(C)C2)CC1(C)C.COC(=O)CC(C(=O)OC)C(CC(=O)OC)C(=O)OC. The molecule has 105 heavy (non-hydrogen) atoms. The monoisotopic (exact) mass is 1480 g/mol. The van der Waals surface area contributed by atoms with Gasteiger partial charge in [-0.25, -0.2) is 0 Å². The van der Waals surface area contributed by atoms with Crippen molar-refractivity contribution < 1.29 is 47.6 Å². The minimum atomic E-state index is -1.18. The first-order valence-corrected chi connectivity index (χ1v) is 41.2. The summed E-state index contributed by atoms with van der Waals surface area (Å²) in [5, 5.41) is 0. The maximum absolute atomic E-state index is 11.7. The highest BCUT2D eigenvalue weighted by Crippen LogP contribution is 2.71. The maximum Gasteiger partial charge on any atom is 0.310 e. The highest BCUT2D eigenvalue weighted by atomic mass is 16.7. The van der Waals surface area contributed by atoms with Crippen molar-refractivity contribution in [2.24, 2.45) is 80.3 Å². The smallest absolute Gasteiger partial charge is 0.310 e. The fourth-order valence-corrected chi connectivity index (χ4v) is 25.6. The number of methoxy groups -OCH3 is 4. The van der Waals surface area contributed by atoms with Gasteiger partial charge in [0.15, 0.2) is 6.29 Å². The van der Waals surface area contributed by atoms with Crippen LogP contribution < -0.4 is 0 Å². The van der Waals surface area contributed by atoms with Gasteiger partial charge in [-0.2, -0.15) is 0 Å². The summed E-state index contributed by atoms with van der Waals surface area (Å²) in [5.41, 5.74) is 1.38. The van der Waals surface area contributed by atoms with Crippen molar-refractivity contribution in [2.75, 3.05) is 83.9 Å².